The number of aryl methyl sites for hydroxylation is 1. The van der Waals surface area contributed by atoms with Crippen LogP contribution in [-0.4, -0.2) is 22.9 Å². The van der Waals surface area contributed by atoms with Gasteiger partial charge in [-0.3, -0.25) is 9.78 Å². The van der Waals surface area contributed by atoms with E-state index in [0.29, 0.717) is 17.1 Å². The lowest BCUT2D eigenvalue weighted by Gasteiger charge is -2.18. The fourth-order valence-corrected chi connectivity index (χ4v) is 1.58. The molecule has 0 spiro atoms. The number of anilines is 2. The Bertz CT molecular complexity index is 565. The number of amides is 1. The molecule has 5 nitrogen and oxygen atoms in total. The van der Waals surface area contributed by atoms with E-state index in [1.807, 2.05) is 19.1 Å². The minimum atomic E-state index is -0.236. The van der Waals surface area contributed by atoms with Gasteiger partial charge in [-0.1, -0.05) is 12.1 Å². The minimum Gasteiger partial charge on any atom is -0.397 e. The molecule has 0 fully saturated rings. The molecule has 2 aromatic rings. The van der Waals surface area contributed by atoms with Gasteiger partial charge >= 0.3 is 0 Å². The molecule has 0 aliphatic rings. The van der Waals surface area contributed by atoms with Crippen LogP contribution in [0.1, 0.15) is 16.2 Å². The Morgan fingerprint density at radius 2 is 1.94 bits per heavy atom. The molecule has 1 heterocycles. The van der Waals surface area contributed by atoms with Gasteiger partial charge in [-0.05, 0) is 19.1 Å². The van der Waals surface area contributed by atoms with Crippen LogP contribution in [0.4, 0.5) is 11.4 Å². The fraction of sp³-hybridized carbons (Fsp3) is 0.154. The van der Waals surface area contributed by atoms with E-state index in [1.54, 1.807) is 25.4 Å². The number of para-hydroxylation sites is 2. The number of benzene rings is 1. The maximum absolute atomic E-state index is 12.2. The molecular formula is C13H14N4O. The van der Waals surface area contributed by atoms with E-state index in [-0.39, 0.29) is 5.91 Å². The van der Waals surface area contributed by atoms with Crippen LogP contribution in [-0.2, 0) is 0 Å². The Morgan fingerprint density at radius 3 is 2.56 bits per heavy atom. The number of hydrogen-bond acceptors (Lipinski definition) is 4. The molecule has 0 atom stereocenters. The average Bonchev–Trinajstić information content (AvgIpc) is 2.38. The summed E-state index contributed by atoms with van der Waals surface area (Å²) in [6.45, 7) is 1.82. The number of nitrogens with two attached hydrogens (primary N) is 1. The van der Waals surface area contributed by atoms with Gasteiger partial charge in [0.05, 0.1) is 23.3 Å². The Labute approximate surface area is 105 Å². The van der Waals surface area contributed by atoms with Crippen molar-refractivity contribution < 1.29 is 4.79 Å². The lowest BCUT2D eigenvalue weighted by atomic mass is 10.2. The van der Waals surface area contributed by atoms with Crippen molar-refractivity contribution in [1.82, 2.24) is 9.97 Å². The number of nitrogens with zero attached hydrogens (tertiary/aromatic N) is 3. The Morgan fingerprint density at radius 1 is 1.22 bits per heavy atom. The third kappa shape index (κ3) is 2.29. The molecule has 0 unspecified atom stereocenters. The van der Waals surface area contributed by atoms with Crippen LogP contribution in [0.15, 0.2) is 36.7 Å². The Kier molecular flexibility index (Phi) is 3.23. The first-order chi connectivity index (χ1) is 8.59. The average molecular weight is 242 g/mol. The van der Waals surface area contributed by atoms with Gasteiger partial charge in [0, 0.05) is 13.2 Å². The van der Waals surface area contributed by atoms with Gasteiger partial charge in [0.25, 0.3) is 5.91 Å². The van der Waals surface area contributed by atoms with Gasteiger partial charge in [0.1, 0.15) is 5.69 Å². The largest absolute Gasteiger partial charge is 0.397 e. The van der Waals surface area contributed by atoms with Crippen LogP contribution in [0.2, 0.25) is 0 Å². The summed E-state index contributed by atoms with van der Waals surface area (Å²) in [5, 5.41) is 0. The first-order valence-electron chi connectivity index (χ1n) is 5.51. The third-order valence-corrected chi connectivity index (χ3v) is 2.60. The van der Waals surface area contributed by atoms with E-state index in [4.69, 9.17) is 5.73 Å². The molecule has 0 saturated heterocycles. The van der Waals surface area contributed by atoms with Crippen molar-refractivity contribution in [3.8, 4) is 0 Å². The normalized spacial score (nSPS) is 10.1. The van der Waals surface area contributed by atoms with E-state index < -0.39 is 0 Å². The van der Waals surface area contributed by atoms with Crippen molar-refractivity contribution in [2.24, 2.45) is 0 Å². The quantitative estimate of drug-likeness (QED) is 0.813. The zero-order valence-corrected chi connectivity index (χ0v) is 10.3. The molecule has 0 radical (unpaired) electrons. The van der Waals surface area contributed by atoms with Gasteiger partial charge in [0.15, 0.2) is 0 Å². The van der Waals surface area contributed by atoms with Crippen molar-refractivity contribution in [3.63, 3.8) is 0 Å². The lowest BCUT2D eigenvalue weighted by molar-refractivity contribution is 0.0988. The molecule has 1 amide bonds. The van der Waals surface area contributed by atoms with Crippen molar-refractivity contribution in [2.75, 3.05) is 17.7 Å². The van der Waals surface area contributed by atoms with Crippen LogP contribution >= 0.6 is 0 Å². The molecule has 1 aromatic carbocycles. The van der Waals surface area contributed by atoms with Crippen LogP contribution in [0, 0.1) is 6.92 Å². The number of hydrogen-bond donors (Lipinski definition) is 1. The highest BCUT2D eigenvalue weighted by Crippen LogP contribution is 2.22. The predicted molar refractivity (Wildman–Crippen MR) is 70.4 cm³/mol. The monoisotopic (exact) mass is 242 g/mol. The second-order valence-electron chi connectivity index (χ2n) is 3.97. The summed E-state index contributed by atoms with van der Waals surface area (Å²) in [6, 6.07) is 7.19. The van der Waals surface area contributed by atoms with E-state index in [9.17, 15) is 4.79 Å². The standard InChI is InChI=1S/C13H14N4O/c1-9-7-16-11(8-15-9)13(18)17(2)12-6-4-3-5-10(12)14/h3-8H,14H2,1-2H3. The summed E-state index contributed by atoms with van der Waals surface area (Å²) >= 11 is 0. The molecule has 1 aromatic heterocycles. The molecule has 18 heavy (non-hydrogen) atoms. The van der Waals surface area contributed by atoms with E-state index >= 15 is 0 Å². The summed E-state index contributed by atoms with van der Waals surface area (Å²) in [5.74, 6) is -0.236. The number of carbonyl (C=O) groups excluding carboxylic acids is 1. The Balaban J connectivity index is 2.29. The SMILES string of the molecule is Cc1cnc(C(=O)N(C)c2ccccc2N)cn1. The topological polar surface area (TPSA) is 72.1 Å². The van der Waals surface area contributed by atoms with Crippen molar-refractivity contribution in [1.29, 1.82) is 0 Å². The van der Waals surface area contributed by atoms with Gasteiger partial charge < -0.3 is 10.6 Å². The van der Waals surface area contributed by atoms with Crippen molar-refractivity contribution in [2.45, 2.75) is 6.92 Å². The molecule has 0 bridgehead atoms. The van der Waals surface area contributed by atoms with Gasteiger partial charge in [-0.25, -0.2) is 4.98 Å². The number of carbonyl (C=O) groups is 1. The van der Waals surface area contributed by atoms with Crippen molar-refractivity contribution in [3.05, 3.63) is 48.0 Å². The van der Waals surface area contributed by atoms with Crippen LogP contribution in [0.3, 0.4) is 0 Å². The van der Waals surface area contributed by atoms with Crippen LogP contribution in [0.5, 0.6) is 0 Å². The molecule has 0 aliphatic heterocycles. The summed E-state index contributed by atoms with van der Waals surface area (Å²) in [4.78, 5) is 21.8. The fourth-order valence-electron chi connectivity index (χ4n) is 1.58. The first-order valence-corrected chi connectivity index (χ1v) is 5.51. The molecular weight excluding hydrogens is 228 g/mol. The smallest absolute Gasteiger partial charge is 0.278 e. The number of nitrogen functional groups attached to an aromatic ring is 1. The Hall–Kier alpha value is -2.43. The minimum absolute atomic E-state index is 0.236. The summed E-state index contributed by atoms with van der Waals surface area (Å²) < 4.78 is 0. The van der Waals surface area contributed by atoms with Crippen LogP contribution in [0.25, 0.3) is 0 Å². The van der Waals surface area contributed by atoms with Gasteiger partial charge in [0.2, 0.25) is 0 Å². The highest BCUT2D eigenvalue weighted by atomic mass is 16.2. The predicted octanol–water partition coefficient (Wildman–Crippen LogP) is 1.64. The first kappa shape index (κ1) is 12.0. The second-order valence-corrected chi connectivity index (χ2v) is 3.97. The molecule has 92 valence electrons. The lowest BCUT2D eigenvalue weighted by Crippen LogP contribution is -2.28. The zero-order chi connectivity index (χ0) is 13.1. The molecule has 2 rings (SSSR count). The van der Waals surface area contributed by atoms with Gasteiger partial charge in [-0.2, -0.15) is 0 Å². The van der Waals surface area contributed by atoms with Gasteiger partial charge in [-0.15, -0.1) is 0 Å². The van der Waals surface area contributed by atoms with E-state index in [1.165, 1.54) is 11.1 Å². The maximum Gasteiger partial charge on any atom is 0.278 e. The number of aromatic nitrogens is 2. The molecule has 2 N–H and O–H groups in total. The zero-order valence-electron chi connectivity index (χ0n) is 10.3. The third-order valence-electron chi connectivity index (χ3n) is 2.60. The summed E-state index contributed by atoms with van der Waals surface area (Å²) in [7, 11) is 1.66. The second kappa shape index (κ2) is 4.83. The van der Waals surface area contributed by atoms with Crippen LogP contribution < -0.4 is 10.6 Å². The number of rotatable bonds is 2. The molecule has 0 saturated carbocycles. The highest BCUT2D eigenvalue weighted by molar-refractivity contribution is 6.05. The molecule has 5 heteroatoms. The van der Waals surface area contributed by atoms with E-state index in [2.05, 4.69) is 9.97 Å². The maximum atomic E-state index is 12.2. The van der Waals surface area contributed by atoms with E-state index in [0.717, 1.165) is 5.69 Å². The summed E-state index contributed by atoms with van der Waals surface area (Å²) in [5.41, 5.74) is 8.11. The van der Waals surface area contributed by atoms with Crippen molar-refractivity contribution >= 4 is 17.3 Å². The summed E-state index contributed by atoms with van der Waals surface area (Å²) in [6.07, 6.45) is 3.03. The molecule has 0 aliphatic carbocycles. The highest BCUT2D eigenvalue weighted by Gasteiger charge is 2.16.